The molecule has 6 nitrogen and oxygen atoms in total. The van der Waals surface area contributed by atoms with Crippen molar-refractivity contribution in [3.05, 3.63) is 22.6 Å². The van der Waals surface area contributed by atoms with Crippen LogP contribution in [0.5, 0.6) is 0 Å². The Kier molecular flexibility index (Phi) is 2.70. The zero-order chi connectivity index (χ0) is 12.7. The second-order valence-electron chi connectivity index (χ2n) is 4.28. The van der Waals surface area contributed by atoms with Gasteiger partial charge in [0, 0.05) is 17.2 Å². The SMILES string of the molecule is O=C(O)N1CCCC1c1nc2ncc(Br)cc2[nH]1. The second kappa shape index (κ2) is 4.24. The minimum absolute atomic E-state index is 0.185. The molecule has 0 aromatic carbocycles. The van der Waals surface area contributed by atoms with Gasteiger partial charge < -0.3 is 10.1 Å². The van der Waals surface area contributed by atoms with E-state index in [1.807, 2.05) is 6.07 Å². The zero-order valence-corrected chi connectivity index (χ0v) is 11.0. The maximum Gasteiger partial charge on any atom is 0.407 e. The molecule has 7 heteroatoms. The molecule has 2 N–H and O–H groups in total. The molecule has 2 aromatic rings. The Bertz CT molecular complexity index is 612. The zero-order valence-electron chi connectivity index (χ0n) is 9.43. The van der Waals surface area contributed by atoms with Crippen LogP contribution in [0.25, 0.3) is 11.2 Å². The molecule has 2 aromatic heterocycles. The van der Waals surface area contributed by atoms with Gasteiger partial charge in [0.25, 0.3) is 0 Å². The molecule has 3 rings (SSSR count). The van der Waals surface area contributed by atoms with Crippen LogP contribution in [0.4, 0.5) is 4.79 Å². The molecule has 1 aliphatic rings. The van der Waals surface area contributed by atoms with E-state index in [4.69, 9.17) is 5.11 Å². The molecule has 0 aliphatic carbocycles. The number of pyridine rings is 1. The molecule has 0 bridgehead atoms. The van der Waals surface area contributed by atoms with Crippen molar-refractivity contribution in [1.29, 1.82) is 0 Å². The third-order valence-electron chi connectivity index (χ3n) is 3.14. The summed E-state index contributed by atoms with van der Waals surface area (Å²) >= 11 is 3.35. The molecular weight excluding hydrogens is 300 g/mol. The number of amides is 1. The summed E-state index contributed by atoms with van der Waals surface area (Å²) in [4.78, 5) is 24.3. The molecule has 1 fully saturated rings. The summed E-state index contributed by atoms with van der Waals surface area (Å²) < 4.78 is 0.867. The van der Waals surface area contributed by atoms with E-state index in [9.17, 15) is 4.79 Å². The Labute approximate surface area is 111 Å². The number of nitrogens with one attached hydrogen (secondary N) is 1. The van der Waals surface area contributed by atoms with Gasteiger partial charge in [-0.3, -0.25) is 4.90 Å². The average molecular weight is 311 g/mol. The third kappa shape index (κ3) is 1.84. The molecule has 1 unspecified atom stereocenters. The first-order chi connectivity index (χ1) is 8.65. The van der Waals surface area contributed by atoms with Gasteiger partial charge in [-0.05, 0) is 34.8 Å². The van der Waals surface area contributed by atoms with Gasteiger partial charge in [-0.15, -0.1) is 0 Å². The molecule has 1 aliphatic heterocycles. The van der Waals surface area contributed by atoms with Crippen LogP contribution in [0.2, 0.25) is 0 Å². The molecule has 3 heterocycles. The fourth-order valence-electron chi connectivity index (χ4n) is 2.33. The van der Waals surface area contributed by atoms with Crippen LogP contribution in [0.3, 0.4) is 0 Å². The van der Waals surface area contributed by atoms with Gasteiger partial charge in [-0.2, -0.15) is 0 Å². The number of imidazole rings is 1. The molecule has 94 valence electrons. The van der Waals surface area contributed by atoms with E-state index in [0.717, 1.165) is 22.8 Å². The highest BCUT2D eigenvalue weighted by Crippen LogP contribution is 2.31. The smallest absolute Gasteiger partial charge is 0.407 e. The molecule has 1 amide bonds. The number of likely N-dealkylation sites (tertiary alicyclic amines) is 1. The third-order valence-corrected chi connectivity index (χ3v) is 3.57. The number of H-pyrrole nitrogens is 1. The summed E-state index contributed by atoms with van der Waals surface area (Å²) in [6.07, 6.45) is 2.45. The van der Waals surface area contributed by atoms with Crippen molar-refractivity contribution in [2.75, 3.05) is 6.54 Å². The summed E-state index contributed by atoms with van der Waals surface area (Å²) in [6, 6.07) is 1.70. The number of hydrogen-bond acceptors (Lipinski definition) is 3. The molecular formula is C11H11BrN4O2. The van der Waals surface area contributed by atoms with Gasteiger partial charge in [0.15, 0.2) is 5.65 Å². The monoisotopic (exact) mass is 310 g/mol. The molecule has 1 atom stereocenters. The van der Waals surface area contributed by atoms with E-state index in [1.165, 1.54) is 4.90 Å². The van der Waals surface area contributed by atoms with Crippen LogP contribution < -0.4 is 0 Å². The molecule has 0 spiro atoms. The summed E-state index contributed by atoms with van der Waals surface area (Å²) in [5.41, 5.74) is 1.43. The number of aromatic nitrogens is 3. The Balaban J connectivity index is 2.01. The fraction of sp³-hybridized carbons (Fsp3) is 0.364. The van der Waals surface area contributed by atoms with Crippen LogP contribution in [0, 0.1) is 0 Å². The minimum Gasteiger partial charge on any atom is -0.465 e. The van der Waals surface area contributed by atoms with Gasteiger partial charge in [0.05, 0.1) is 11.6 Å². The molecule has 0 saturated carbocycles. The summed E-state index contributed by atoms with van der Waals surface area (Å²) in [7, 11) is 0. The van der Waals surface area contributed by atoms with E-state index in [0.29, 0.717) is 18.0 Å². The number of carbonyl (C=O) groups is 1. The first kappa shape index (κ1) is 11.5. The lowest BCUT2D eigenvalue weighted by atomic mass is 10.2. The fourth-order valence-corrected chi connectivity index (χ4v) is 2.66. The highest BCUT2D eigenvalue weighted by Gasteiger charge is 2.32. The van der Waals surface area contributed by atoms with E-state index < -0.39 is 6.09 Å². The van der Waals surface area contributed by atoms with Crippen LogP contribution in [-0.2, 0) is 0 Å². The van der Waals surface area contributed by atoms with Gasteiger partial charge >= 0.3 is 6.09 Å². The van der Waals surface area contributed by atoms with Crippen molar-refractivity contribution < 1.29 is 9.90 Å². The summed E-state index contributed by atoms with van der Waals surface area (Å²) in [5, 5.41) is 9.13. The number of carboxylic acid groups (broad SMARTS) is 1. The molecule has 18 heavy (non-hydrogen) atoms. The maximum atomic E-state index is 11.1. The first-order valence-electron chi connectivity index (χ1n) is 5.66. The quantitative estimate of drug-likeness (QED) is 0.848. The Morgan fingerprint density at radius 1 is 1.61 bits per heavy atom. The van der Waals surface area contributed by atoms with Gasteiger partial charge in [-0.25, -0.2) is 14.8 Å². The van der Waals surface area contributed by atoms with Gasteiger partial charge in [-0.1, -0.05) is 0 Å². The van der Waals surface area contributed by atoms with Gasteiger partial charge in [0.2, 0.25) is 0 Å². The van der Waals surface area contributed by atoms with Crippen molar-refractivity contribution in [2.24, 2.45) is 0 Å². The standard InChI is InChI=1S/C11H11BrN4O2/c12-6-4-7-9(13-5-6)15-10(14-7)8-2-1-3-16(8)11(17)18/h4-5,8H,1-3H2,(H,17,18)(H,13,14,15). The lowest BCUT2D eigenvalue weighted by Crippen LogP contribution is -2.29. The molecule has 0 radical (unpaired) electrons. The number of hydrogen-bond donors (Lipinski definition) is 2. The van der Waals surface area contributed by atoms with Crippen molar-refractivity contribution >= 4 is 33.2 Å². The molecule has 1 saturated heterocycles. The van der Waals surface area contributed by atoms with Crippen LogP contribution in [0.15, 0.2) is 16.7 Å². The van der Waals surface area contributed by atoms with Crippen LogP contribution in [-0.4, -0.2) is 37.6 Å². The van der Waals surface area contributed by atoms with E-state index in [1.54, 1.807) is 6.20 Å². The van der Waals surface area contributed by atoms with Crippen molar-refractivity contribution in [2.45, 2.75) is 18.9 Å². The Hall–Kier alpha value is -1.63. The van der Waals surface area contributed by atoms with Crippen molar-refractivity contribution in [3.8, 4) is 0 Å². The lowest BCUT2D eigenvalue weighted by Gasteiger charge is -2.18. The first-order valence-corrected chi connectivity index (χ1v) is 6.45. The van der Waals surface area contributed by atoms with Crippen molar-refractivity contribution in [3.63, 3.8) is 0 Å². The van der Waals surface area contributed by atoms with Crippen LogP contribution in [0.1, 0.15) is 24.7 Å². The van der Waals surface area contributed by atoms with Crippen LogP contribution >= 0.6 is 15.9 Å². The number of nitrogens with zero attached hydrogens (tertiary/aromatic N) is 3. The van der Waals surface area contributed by atoms with E-state index in [-0.39, 0.29) is 6.04 Å². The number of rotatable bonds is 1. The largest absolute Gasteiger partial charge is 0.465 e. The lowest BCUT2D eigenvalue weighted by molar-refractivity contribution is 0.139. The topological polar surface area (TPSA) is 82.1 Å². The van der Waals surface area contributed by atoms with E-state index in [2.05, 4.69) is 30.9 Å². The van der Waals surface area contributed by atoms with Gasteiger partial charge in [0.1, 0.15) is 5.82 Å². The predicted molar refractivity (Wildman–Crippen MR) is 68.3 cm³/mol. The normalized spacial score (nSPS) is 19.6. The highest BCUT2D eigenvalue weighted by atomic mass is 79.9. The average Bonchev–Trinajstić information content (AvgIpc) is 2.93. The van der Waals surface area contributed by atoms with Crippen molar-refractivity contribution in [1.82, 2.24) is 19.9 Å². The Morgan fingerprint density at radius 3 is 3.22 bits per heavy atom. The Morgan fingerprint density at radius 2 is 2.44 bits per heavy atom. The second-order valence-corrected chi connectivity index (χ2v) is 5.20. The number of halogens is 1. The summed E-state index contributed by atoms with van der Waals surface area (Å²) in [5.74, 6) is 0.676. The number of fused-ring (bicyclic) bond motifs is 1. The summed E-state index contributed by atoms with van der Waals surface area (Å²) in [6.45, 7) is 0.564. The highest BCUT2D eigenvalue weighted by molar-refractivity contribution is 9.10. The van der Waals surface area contributed by atoms with E-state index >= 15 is 0 Å². The minimum atomic E-state index is -0.896. The number of aromatic amines is 1. The predicted octanol–water partition coefficient (Wildman–Crippen LogP) is 2.54. The maximum absolute atomic E-state index is 11.1.